The smallest absolute Gasteiger partial charge is 0.258 e. The quantitative estimate of drug-likeness (QED) is 0.793. The minimum atomic E-state index is -0.137. The third-order valence-corrected chi connectivity index (χ3v) is 4.30. The Hall–Kier alpha value is -2.17. The zero-order valence-electron chi connectivity index (χ0n) is 13.1. The summed E-state index contributed by atoms with van der Waals surface area (Å²) in [5.74, 6) is 0.634. The Morgan fingerprint density at radius 2 is 1.96 bits per heavy atom. The van der Waals surface area contributed by atoms with E-state index >= 15 is 0 Å². The first-order valence-electron chi connectivity index (χ1n) is 7.48. The van der Waals surface area contributed by atoms with Gasteiger partial charge in [-0.3, -0.25) is 9.69 Å². The van der Waals surface area contributed by atoms with Gasteiger partial charge in [-0.1, -0.05) is 41.9 Å². The fraction of sp³-hybridized carbons (Fsp3) is 0.222. The summed E-state index contributed by atoms with van der Waals surface area (Å²) in [6, 6.07) is 15.6. The van der Waals surface area contributed by atoms with E-state index in [1.807, 2.05) is 25.2 Å². The van der Waals surface area contributed by atoms with Crippen LogP contribution in [0.4, 0.5) is 0 Å². The van der Waals surface area contributed by atoms with Gasteiger partial charge in [-0.25, -0.2) is 4.98 Å². The van der Waals surface area contributed by atoms with E-state index in [1.54, 1.807) is 18.2 Å². The number of rotatable bonds is 4. The van der Waals surface area contributed by atoms with Gasteiger partial charge in [0.1, 0.15) is 5.82 Å². The molecule has 1 heterocycles. The van der Waals surface area contributed by atoms with Crippen molar-refractivity contribution < 1.29 is 0 Å². The second-order valence-corrected chi connectivity index (χ2v) is 6.11. The standard InChI is InChI=1S/C18H18ClN3O/c1-12(13-6-4-3-5-7-13)22(2)11-17-20-16-10-14(19)8-9-15(16)18(23)21-17/h3-10,12H,11H2,1-2H3,(H,20,21,23)/t12-/m0/s1. The maximum atomic E-state index is 12.2. The van der Waals surface area contributed by atoms with E-state index < -0.39 is 0 Å². The van der Waals surface area contributed by atoms with E-state index in [9.17, 15) is 4.79 Å². The van der Waals surface area contributed by atoms with Crippen LogP contribution in [0, 0.1) is 0 Å². The number of hydrogen-bond donors (Lipinski definition) is 1. The molecule has 0 bridgehead atoms. The van der Waals surface area contributed by atoms with Gasteiger partial charge in [0.25, 0.3) is 5.56 Å². The summed E-state index contributed by atoms with van der Waals surface area (Å²) >= 11 is 6.00. The highest BCUT2D eigenvalue weighted by Crippen LogP contribution is 2.20. The van der Waals surface area contributed by atoms with Crippen LogP contribution < -0.4 is 5.56 Å². The molecule has 0 unspecified atom stereocenters. The zero-order valence-corrected chi connectivity index (χ0v) is 13.8. The Kier molecular flexibility index (Phi) is 4.46. The van der Waals surface area contributed by atoms with Crippen molar-refractivity contribution in [3.8, 4) is 0 Å². The first kappa shape index (κ1) is 15.7. The van der Waals surface area contributed by atoms with Gasteiger partial charge < -0.3 is 4.98 Å². The second kappa shape index (κ2) is 6.52. The molecule has 5 heteroatoms. The SMILES string of the molecule is C[C@@H](c1ccccc1)N(C)Cc1nc2cc(Cl)ccc2c(=O)[nH]1. The molecule has 0 aliphatic heterocycles. The molecule has 0 fully saturated rings. The van der Waals surface area contributed by atoms with Crippen LogP contribution >= 0.6 is 11.6 Å². The van der Waals surface area contributed by atoms with E-state index in [0.29, 0.717) is 28.3 Å². The largest absolute Gasteiger partial charge is 0.309 e. The fourth-order valence-corrected chi connectivity index (χ4v) is 2.76. The number of H-pyrrole nitrogens is 1. The summed E-state index contributed by atoms with van der Waals surface area (Å²) in [5, 5.41) is 1.13. The molecule has 4 nitrogen and oxygen atoms in total. The number of nitrogens with zero attached hydrogens (tertiary/aromatic N) is 2. The lowest BCUT2D eigenvalue weighted by molar-refractivity contribution is 0.247. The van der Waals surface area contributed by atoms with Crippen molar-refractivity contribution in [1.82, 2.24) is 14.9 Å². The molecule has 3 rings (SSSR count). The van der Waals surface area contributed by atoms with Crippen molar-refractivity contribution in [2.75, 3.05) is 7.05 Å². The van der Waals surface area contributed by atoms with Gasteiger partial charge in [-0.05, 0) is 37.7 Å². The van der Waals surface area contributed by atoms with Gasteiger partial charge >= 0.3 is 0 Å². The topological polar surface area (TPSA) is 49.0 Å². The van der Waals surface area contributed by atoms with Crippen molar-refractivity contribution in [3.05, 3.63) is 75.3 Å². The molecule has 0 aliphatic rings. The van der Waals surface area contributed by atoms with Crippen molar-refractivity contribution in [2.45, 2.75) is 19.5 Å². The third-order valence-electron chi connectivity index (χ3n) is 4.06. The molecule has 1 N–H and O–H groups in total. The highest BCUT2D eigenvalue weighted by atomic mass is 35.5. The van der Waals surface area contributed by atoms with Gasteiger partial charge in [0.05, 0.1) is 17.4 Å². The van der Waals surface area contributed by atoms with Gasteiger partial charge in [0.15, 0.2) is 0 Å². The van der Waals surface area contributed by atoms with Crippen LogP contribution in [-0.4, -0.2) is 21.9 Å². The molecule has 0 amide bonds. The van der Waals surface area contributed by atoms with Crippen molar-refractivity contribution in [1.29, 1.82) is 0 Å². The van der Waals surface area contributed by atoms with E-state index in [2.05, 4.69) is 33.9 Å². The van der Waals surface area contributed by atoms with Crippen LogP contribution in [0.15, 0.2) is 53.3 Å². The maximum absolute atomic E-state index is 12.2. The van der Waals surface area contributed by atoms with Gasteiger partial charge in [-0.2, -0.15) is 0 Å². The molecule has 118 valence electrons. The van der Waals surface area contributed by atoms with Crippen LogP contribution in [0.3, 0.4) is 0 Å². The monoisotopic (exact) mass is 327 g/mol. The lowest BCUT2D eigenvalue weighted by Crippen LogP contribution is -2.25. The molecule has 1 aromatic heterocycles. The summed E-state index contributed by atoms with van der Waals surface area (Å²) in [4.78, 5) is 21.7. The maximum Gasteiger partial charge on any atom is 0.258 e. The van der Waals surface area contributed by atoms with Gasteiger partial charge in [0.2, 0.25) is 0 Å². The molecule has 0 aliphatic carbocycles. The van der Waals surface area contributed by atoms with Gasteiger partial charge in [-0.15, -0.1) is 0 Å². The van der Waals surface area contributed by atoms with Crippen LogP contribution in [0.2, 0.25) is 5.02 Å². The van der Waals surface area contributed by atoms with E-state index in [4.69, 9.17) is 11.6 Å². The minimum absolute atomic E-state index is 0.137. The number of aromatic amines is 1. The van der Waals surface area contributed by atoms with E-state index in [0.717, 1.165) is 0 Å². The number of halogens is 1. The molecule has 23 heavy (non-hydrogen) atoms. The normalized spacial score (nSPS) is 12.7. The fourth-order valence-electron chi connectivity index (χ4n) is 2.60. The predicted molar refractivity (Wildman–Crippen MR) is 93.7 cm³/mol. The molecular weight excluding hydrogens is 310 g/mol. The summed E-state index contributed by atoms with van der Waals surface area (Å²) in [6.07, 6.45) is 0. The van der Waals surface area contributed by atoms with Crippen molar-refractivity contribution in [2.24, 2.45) is 0 Å². The first-order valence-corrected chi connectivity index (χ1v) is 7.86. The number of benzene rings is 2. The van der Waals surface area contributed by atoms with Crippen molar-refractivity contribution >= 4 is 22.5 Å². The van der Waals surface area contributed by atoms with Crippen LogP contribution in [0.5, 0.6) is 0 Å². The van der Waals surface area contributed by atoms with Crippen LogP contribution in [-0.2, 0) is 6.54 Å². The molecule has 1 atom stereocenters. The highest BCUT2D eigenvalue weighted by molar-refractivity contribution is 6.31. The molecule has 3 aromatic rings. The Labute approximate surface area is 139 Å². The number of fused-ring (bicyclic) bond motifs is 1. The molecule has 0 saturated heterocycles. The Morgan fingerprint density at radius 3 is 2.70 bits per heavy atom. The highest BCUT2D eigenvalue weighted by Gasteiger charge is 2.13. The summed E-state index contributed by atoms with van der Waals surface area (Å²) in [7, 11) is 2.01. The molecule has 0 spiro atoms. The Morgan fingerprint density at radius 1 is 1.22 bits per heavy atom. The first-order chi connectivity index (χ1) is 11.0. The predicted octanol–water partition coefficient (Wildman–Crippen LogP) is 3.77. The minimum Gasteiger partial charge on any atom is -0.309 e. The average molecular weight is 328 g/mol. The lowest BCUT2D eigenvalue weighted by atomic mass is 10.1. The molecular formula is C18H18ClN3O. The summed E-state index contributed by atoms with van der Waals surface area (Å²) in [6.45, 7) is 2.68. The summed E-state index contributed by atoms with van der Waals surface area (Å²) in [5.41, 5.74) is 1.71. The molecule has 2 aromatic carbocycles. The molecule has 0 saturated carbocycles. The zero-order chi connectivity index (χ0) is 16.4. The van der Waals surface area contributed by atoms with Crippen LogP contribution in [0.25, 0.3) is 10.9 Å². The summed E-state index contributed by atoms with van der Waals surface area (Å²) < 4.78 is 0. The lowest BCUT2D eigenvalue weighted by Gasteiger charge is -2.24. The van der Waals surface area contributed by atoms with Crippen molar-refractivity contribution in [3.63, 3.8) is 0 Å². The van der Waals surface area contributed by atoms with Crippen LogP contribution in [0.1, 0.15) is 24.4 Å². The Bertz CT molecular complexity index is 876. The Balaban J connectivity index is 1.87. The number of nitrogens with one attached hydrogen (secondary N) is 1. The third kappa shape index (κ3) is 3.44. The number of aromatic nitrogens is 2. The second-order valence-electron chi connectivity index (χ2n) is 5.68. The van der Waals surface area contributed by atoms with E-state index in [-0.39, 0.29) is 11.6 Å². The van der Waals surface area contributed by atoms with Gasteiger partial charge in [0, 0.05) is 11.1 Å². The van der Waals surface area contributed by atoms with E-state index in [1.165, 1.54) is 5.56 Å². The average Bonchev–Trinajstić information content (AvgIpc) is 2.54. The molecule has 0 radical (unpaired) electrons. The number of hydrogen-bond acceptors (Lipinski definition) is 3.